The Morgan fingerprint density at radius 3 is 2.29 bits per heavy atom. The number of oxime groups is 1. The van der Waals surface area contributed by atoms with Crippen LogP contribution in [0.3, 0.4) is 0 Å². The van der Waals surface area contributed by atoms with Crippen molar-refractivity contribution in [2.45, 2.75) is 25.4 Å². The molecule has 0 aliphatic carbocycles. The van der Waals surface area contributed by atoms with E-state index in [0.29, 0.717) is 17.8 Å². The van der Waals surface area contributed by atoms with Gasteiger partial charge >= 0.3 is 6.03 Å². The van der Waals surface area contributed by atoms with Crippen LogP contribution in [-0.4, -0.2) is 41.7 Å². The van der Waals surface area contributed by atoms with Gasteiger partial charge in [-0.25, -0.2) is 4.79 Å². The van der Waals surface area contributed by atoms with Gasteiger partial charge in [-0.15, -0.1) is 0 Å². The van der Waals surface area contributed by atoms with Gasteiger partial charge in [0, 0.05) is 19.5 Å². The summed E-state index contributed by atoms with van der Waals surface area (Å²) in [5.41, 5.74) is 2.79. The number of likely N-dealkylation sites (tertiary alicyclic amines) is 1. The predicted molar refractivity (Wildman–Crippen MR) is 107 cm³/mol. The van der Waals surface area contributed by atoms with Gasteiger partial charge in [0.05, 0.1) is 17.1 Å². The fourth-order valence-electron chi connectivity index (χ4n) is 3.35. The van der Waals surface area contributed by atoms with E-state index in [1.54, 1.807) is 17.0 Å². The van der Waals surface area contributed by atoms with E-state index >= 15 is 0 Å². The van der Waals surface area contributed by atoms with E-state index in [4.69, 9.17) is 4.84 Å². The highest BCUT2D eigenvalue weighted by Crippen LogP contribution is 2.24. The number of amides is 3. The molecule has 0 unspecified atom stereocenters. The zero-order valence-corrected chi connectivity index (χ0v) is 15.4. The molecule has 2 N–H and O–H groups in total. The van der Waals surface area contributed by atoms with Crippen LogP contribution < -0.4 is 10.6 Å². The summed E-state index contributed by atoms with van der Waals surface area (Å²) in [6.07, 6.45) is 1.75. The lowest BCUT2D eigenvalue weighted by molar-refractivity contribution is -0.125. The fourth-order valence-corrected chi connectivity index (χ4v) is 3.35. The molecular weight excluding hydrogens is 356 g/mol. The predicted octanol–water partition coefficient (Wildman–Crippen LogP) is 3.45. The second kappa shape index (κ2) is 8.12. The van der Waals surface area contributed by atoms with E-state index in [0.717, 1.165) is 37.2 Å². The molecule has 1 fully saturated rings. The summed E-state index contributed by atoms with van der Waals surface area (Å²) in [6.45, 7) is 1.52. The lowest BCUT2D eigenvalue weighted by atomic mass is 10.0. The monoisotopic (exact) mass is 378 g/mol. The molecule has 0 bridgehead atoms. The maximum absolute atomic E-state index is 12.7. The minimum Gasteiger partial charge on any atom is -0.382 e. The molecule has 2 aromatic rings. The summed E-state index contributed by atoms with van der Waals surface area (Å²) < 4.78 is 0. The van der Waals surface area contributed by atoms with Gasteiger partial charge in [-0.05, 0) is 30.5 Å². The zero-order chi connectivity index (χ0) is 19.3. The maximum Gasteiger partial charge on any atom is 0.321 e. The Balaban J connectivity index is 1.39. The molecule has 0 spiro atoms. The highest BCUT2D eigenvalue weighted by molar-refractivity contribution is 6.07. The number of anilines is 2. The second-order valence-electron chi connectivity index (χ2n) is 6.86. The molecule has 4 rings (SSSR count). The van der Waals surface area contributed by atoms with Gasteiger partial charge in [-0.2, -0.15) is 0 Å². The van der Waals surface area contributed by atoms with E-state index in [-0.39, 0.29) is 11.9 Å². The first-order chi connectivity index (χ1) is 13.7. The Bertz CT molecular complexity index is 892. The van der Waals surface area contributed by atoms with Gasteiger partial charge in [0.15, 0.2) is 0 Å². The van der Waals surface area contributed by atoms with Crippen molar-refractivity contribution in [3.8, 4) is 0 Å². The van der Waals surface area contributed by atoms with E-state index < -0.39 is 6.10 Å². The molecule has 1 saturated heterocycles. The van der Waals surface area contributed by atoms with Crippen molar-refractivity contribution >= 4 is 29.0 Å². The molecule has 2 aliphatic rings. The Morgan fingerprint density at radius 2 is 1.57 bits per heavy atom. The first-order valence-corrected chi connectivity index (χ1v) is 9.44. The molecule has 1 atom stereocenters. The SMILES string of the molecule is O=C(Nc1ccccc1NC(=O)N1CCCC1)[C@H]1CC(c2ccccc2)=NO1. The minimum atomic E-state index is -0.697. The molecule has 7 heteroatoms. The normalized spacial score (nSPS) is 18.4. The van der Waals surface area contributed by atoms with Gasteiger partial charge in [0.2, 0.25) is 6.10 Å². The van der Waals surface area contributed by atoms with E-state index in [2.05, 4.69) is 15.8 Å². The molecule has 144 valence electrons. The number of carbonyl (C=O) groups excluding carboxylic acids is 2. The number of carbonyl (C=O) groups is 2. The molecule has 0 saturated carbocycles. The summed E-state index contributed by atoms with van der Waals surface area (Å²) in [5, 5.41) is 9.79. The van der Waals surface area contributed by atoms with Crippen LogP contribution >= 0.6 is 0 Å². The Kier molecular flexibility index (Phi) is 5.23. The molecule has 0 aromatic heterocycles. The van der Waals surface area contributed by atoms with Crippen molar-refractivity contribution in [2.75, 3.05) is 23.7 Å². The second-order valence-corrected chi connectivity index (χ2v) is 6.86. The lowest BCUT2D eigenvalue weighted by Crippen LogP contribution is -2.33. The molecule has 2 aromatic carbocycles. The smallest absolute Gasteiger partial charge is 0.321 e. The van der Waals surface area contributed by atoms with Crippen LogP contribution in [0.25, 0.3) is 0 Å². The fraction of sp³-hybridized carbons (Fsp3) is 0.286. The van der Waals surface area contributed by atoms with Crippen LogP contribution in [0.5, 0.6) is 0 Å². The summed E-state index contributed by atoms with van der Waals surface area (Å²) in [6, 6.07) is 16.6. The average molecular weight is 378 g/mol. The number of rotatable bonds is 4. The summed E-state index contributed by atoms with van der Waals surface area (Å²) in [4.78, 5) is 32.1. The molecular formula is C21H22N4O3. The quantitative estimate of drug-likeness (QED) is 0.855. The van der Waals surface area contributed by atoms with Crippen molar-refractivity contribution in [1.29, 1.82) is 0 Å². The van der Waals surface area contributed by atoms with Crippen LogP contribution in [-0.2, 0) is 9.63 Å². The van der Waals surface area contributed by atoms with Gasteiger partial charge in [-0.3, -0.25) is 4.79 Å². The third-order valence-electron chi connectivity index (χ3n) is 4.89. The largest absolute Gasteiger partial charge is 0.382 e. The van der Waals surface area contributed by atoms with Crippen molar-refractivity contribution in [1.82, 2.24) is 4.90 Å². The van der Waals surface area contributed by atoms with Gasteiger partial charge < -0.3 is 20.4 Å². The van der Waals surface area contributed by atoms with Crippen LogP contribution in [0.2, 0.25) is 0 Å². The number of urea groups is 1. The highest BCUT2D eigenvalue weighted by atomic mass is 16.6. The zero-order valence-electron chi connectivity index (χ0n) is 15.4. The number of para-hydroxylation sites is 2. The topological polar surface area (TPSA) is 83.0 Å². The minimum absolute atomic E-state index is 0.147. The van der Waals surface area contributed by atoms with Crippen molar-refractivity contribution in [3.05, 3.63) is 60.2 Å². The van der Waals surface area contributed by atoms with Gasteiger partial charge in [0.25, 0.3) is 5.91 Å². The first-order valence-electron chi connectivity index (χ1n) is 9.44. The maximum atomic E-state index is 12.7. The van der Waals surface area contributed by atoms with Crippen molar-refractivity contribution < 1.29 is 14.4 Å². The molecule has 2 aliphatic heterocycles. The van der Waals surface area contributed by atoms with Crippen LogP contribution in [0, 0.1) is 0 Å². The summed E-state index contributed by atoms with van der Waals surface area (Å²) >= 11 is 0. The van der Waals surface area contributed by atoms with Crippen LogP contribution in [0.15, 0.2) is 59.8 Å². The number of benzene rings is 2. The highest BCUT2D eigenvalue weighted by Gasteiger charge is 2.29. The summed E-state index contributed by atoms with van der Waals surface area (Å²) in [7, 11) is 0. The number of hydrogen-bond acceptors (Lipinski definition) is 4. The van der Waals surface area contributed by atoms with Crippen LogP contribution in [0.1, 0.15) is 24.8 Å². The first kappa shape index (κ1) is 18.0. The van der Waals surface area contributed by atoms with E-state index in [1.165, 1.54) is 0 Å². The molecule has 0 radical (unpaired) electrons. The Labute approximate surface area is 163 Å². The van der Waals surface area contributed by atoms with Crippen molar-refractivity contribution in [2.24, 2.45) is 5.16 Å². The third kappa shape index (κ3) is 3.98. The van der Waals surface area contributed by atoms with E-state index in [1.807, 2.05) is 42.5 Å². The average Bonchev–Trinajstić information content (AvgIpc) is 3.42. The van der Waals surface area contributed by atoms with E-state index in [9.17, 15) is 9.59 Å². The lowest BCUT2D eigenvalue weighted by Gasteiger charge is -2.18. The molecule has 28 heavy (non-hydrogen) atoms. The standard InChI is InChI=1S/C21H22N4O3/c26-20(19-14-18(24-28-19)15-8-2-1-3-9-15)22-16-10-4-5-11-17(16)23-21(27)25-12-6-7-13-25/h1-5,8-11,19H,6-7,12-14H2,(H,22,26)(H,23,27)/t19-/m1/s1. The third-order valence-corrected chi connectivity index (χ3v) is 4.89. The number of nitrogens with one attached hydrogen (secondary N) is 2. The molecule has 3 amide bonds. The van der Waals surface area contributed by atoms with Gasteiger partial charge in [-0.1, -0.05) is 47.6 Å². The van der Waals surface area contributed by atoms with Gasteiger partial charge in [0.1, 0.15) is 0 Å². The number of hydrogen-bond donors (Lipinski definition) is 2. The molecule has 2 heterocycles. The van der Waals surface area contributed by atoms with Crippen LogP contribution in [0.4, 0.5) is 16.2 Å². The summed E-state index contributed by atoms with van der Waals surface area (Å²) in [5.74, 6) is -0.294. The molecule has 7 nitrogen and oxygen atoms in total. The number of nitrogens with zero attached hydrogens (tertiary/aromatic N) is 2. The Hall–Kier alpha value is -3.35. The van der Waals surface area contributed by atoms with Crippen molar-refractivity contribution in [3.63, 3.8) is 0 Å². The Morgan fingerprint density at radius 1 is 0.929 bits per heavy atom.